The van der Waals surface area contributed by atoms with Crippen molar-refractivity contribution in [3.8, 4) is 11.4 Å². The van der Waals surface area contributed by atoms with Gasteiger partial charge in [-0.15, -0.1) is 0 Å². The molecule has 2 aromatic rings. The maximum absolute atomic E-state index is 4.60. The van der Waals surface area contributed by atoms with Crippen LogP contribution in [0.3, 0.4) is 0 Å². The molecule has 0 aliphatic carbocycles. The van der Waals surface area contributed by atoms with Crippen LogP contribution in [0.25, 0.3) is 11.4 Å². The lowest BCUT2D eigenvalue weighted by Crippen LogP contribution is -2.18. The van der Waals surface area contributed by atoms with Crippen LogP contribution < -0.4 is 5.32 Å². The van der Waals surface area contributed by atoms with Crippen LogP contribution in [0.15, 0.2) is 30.6 Å². The summed E-state index contributed by atoms with van der Waals surface area (Å²) in [6.07, 6.45) is 4.64. The molecule has 0 bridgehead atoms. The smallest absolute Gasteiger partial charge is 0.161 e. The Morgan fingerprint density at radius 1 is 1.10 bits per heavy atom. The standard InChI is InChI=1S/C16H22N4/c1-11(2)9-12(3)18-15-10-13(4)19-16(20-15)14-5-7-17-8-6-14/h5-8,10-12H,9H2,1-4H3,(H,18,19,20). The van der Waals surface area contributed by atoms with Crippen molar-refractivity contribution in [2.45, 2.75) is 40.2 Å². The van der Waals surface area contributed by atoms with Gasteiger partial charge in [-0.25, -0.2) is 9.97 Å². The highest BCUT2D eigenvalue weighted by Crippen LogP contribution is 2.18. The van der Waals surface area contributed by atoms with Crippen LogP contribution in [0.5, 0.6) is 0 Å². The number of aromatic nitrogens is 3. The molecule has 0 saturated heterocycles. The van der Waals surface area contributed by atoms with Crippen LogP contribution in [0, 0.1) is 12.8 Å². The molecule has 2 aromatic heterocycles. The largest absolute Gasteiger partial charge is 0.367 e. The summed E-state index contributed by atoms with van der Waals surface area (Å²) in [5.41, 5.74) is 1.95. The molecule has 0 fully saturated rings. The van der Waals surface area contributed by atoms with Crippen molar-refractivity contribution in [3.63, 3.8) is 0 Å². The molecule has 0 spiro atoms. The fraction of sp³-hybridized carbons (Fsp3) is 0.438. The van der Waals surface area contributed by atoms with E-state index >= 15 is 0 Å². The fourth-order valence-corrected chi connectivity index (χ4v) is 2.29. The first kappa shape index (κ1) is 14.4. The maximum Gasteiger partial charge on any atom is 0.161 e. The molecule has 1 N–H and O–H groups in total. The van der Waals surface area contributed by atoms with E-state index in [0.29, 0.717) is 12.0 Å². The highest BCUT2D eigenvalue weighted by Gasteiger charge is 2.08. The molecule has 0 amide bonds. The van der Waals surface area contributed by atoms with E-state index in [4.69, 9.17) is 0 Å². The first-order valence-corrected chi connectivity index (χ1v) is 7.07. The Bertz CT molecular complexity index is 552. The Labute approximate surface area is 120 Å². The second kappa shape index (κ2) is 6.46. The van der Waals surface area contributed by atoms with E-state index in [1.165, 1.54) is 0 Å². The van der Waals surface area contributed by atoms with Crippen molar-refractivity contribution < 1.29 is 0 Å². The topological polar surface area (TPSA) is 50.7 Å². The van der Waals surface area contributed by atoms with Crippen LogP contribution in [0.4, 0.5) is 5.82 Å². The van der Waals surface area contributed by atoms with E-state index in [9.17, 15) is 0 Å². The number of hydrogen-bond acceptors (Lipinski definition) is 4. The zero-order valence-electron chi connectivity index (χ0n) is 12.6. The Morgan fingerprint density at radius 2 is 1.80 bits per heavy atom. The summed E-state index contributed by atoms with van der Waals surface area (Å²) < 4.78 is 0. The summed E-state index contributed by atoms with van der Waals surface area (Å²) in [6, 6.07) is 6.24. The van der Waals surface area contributed by atoms with Gasteiger partial charge < -0.3 is 5.32 Å². The molecule has 0 aliphatic heterocycles. The van der Waals surface area contributed by atoms with Crippen molar-refractivity contribution in [2.75, 3.05) is 5.32 Å². The second-order valence-electron chi connectivity index (χ2n) is 5.63. The minimum atomic E-state index is 0.398. The van der Waals surface area contributed by atoms with Gasteiger partial charge in [0.1, 0.15) is 5.82 Å². The first-order chi connectivity index (χ1) is 9.54. The predicted octanol–water partition coefficient (Wildman–Crippen LogP) is 3.69. The molecule has 0 aliphatic rings. The van der Waals surface area contributed by atoms with E-state index in [2.05, 4.69) is 41.0 Å². The van der Waals surface area contributed by atoms with E-state index in [-0.39, 0.29) is 0 Å². The minimum absolute atomic E-state index is 0.398. The molecule has 4 nitrogen and oxygen atoms in total. The molecule has 4 heteroatoms. The van der Waals surface area contributed by atoms with Crippen LogP contribution in [0.1, 0.15) is 32.9 Å². The van der Waals surface area contributed by atoms with Crippen LogP contribution in [-0.2, 0) is 0 Å². The predicted molar refractivity (Wildman–Crippen MR) is 82.5 cm³/mol. The van der Waals surface area contributed by atoms with Crippen molar-refractivity contribution in [2.24, 2.45) is 5.92 Å². The van der Waals surface area contributed by atoms with E-state index in [1.54, 1.807) is 12.4 Å². The van der Waals surface area contributed by atoms with E-state index in [0.717, 1.165) is 29.3 Å². The van der Waals surface area contributed by atoms with Crippen molar-refractivity contribution in [1.29, 1.82) is 0 Å². The van der Waals surface area contributed by atoms with Gasteiger partial charge in [0.15, 0.2) is 5.82 Å². The monoisotopic (exact) mass is 270 g/mol. The van der Waals surface area contributed by atoms with Gasteiger partial charge >= 0.3 is 0 Å². The zero-order valence-corrected chi connectivity index (χ0v) is 12.6. The molecular weight excluding hydrogens is 248 g/mol. The van der Waals surface area contributed by atoms with Gasteiger partial charge in [0.2, 0.25) is 0 Å². The summed E-state index contributed by atoms with van der Waals surface area (Å²) in [6.45, 7) is 8.63. The van der Waals surface area contributed by atoms with Crippen LogP contribution in [0.2, 0.25) is 0 Å². The van der Waals surface area contributed by atoms with Gasteiger partial charge in [0.05, 0.1) is 0 Å². The first-order valence-electron chi connectivity index (χ1n) is 7.07. The molecule has 1 unspecified atom stereocenters. The number of pyridine rings is 1. The van der Waals surface area contributed by atoms with Gasteiger partial charge in [-0.05, 0) is 38.3 Å². The Morgan fingerprint density at radius 3 is 2.45 bits per heavy atom. The molecular formula is C16H22N4. The van der Waals surface area contributed by atoms with Gasteiger partial charge in [0, 0.05) is 35.8 Å². The van der Waals surface area contributed by atoms with Crippen molar-refractivity contribution >= 4 is 5.82 Å². The van der Waals surface area contributed by atoms with Crippen LogP contribution in [-0.4, -0.2) is 21.0 Å². The van der Waals surface area contributed by atoms with Crippen molar-refractivity contribution in [1.82, 2.24) is 15.0 Å². The van der Waals surface area contributed by atoms with Crippen molar-refractivity contribution in [3.05, 3.63) is 36.3 Å². The van der Waals surface area contributed by atoms with Gasteiger partial charge in [-0.2, -0.15) is 0 Å². The molecule has 2 rings (SSSR count). The molecule has 106 valence electrons. The number of rotatable bonds is 5. The van der Waals surface area contributed by atoms with E-state index < -0.39 is 0 Å². The lowest BCUT2D eigenvalue weighted by Gasteiger charge is -2.17. The lowest BCUT2D eigenvalue weighted by molar-refractivity contribution is 0.539. The highest BCUT2D eigenvalue weighted by atomic mass is 15.0. The van der Waals surface area contributed by atoms with Gasteiger partial charge in [0.25, 0.3) is 0 Å². The minimum Gasteiger partial charge on any atom is -0.367 e. The number of hydrogen-bond donors (Lipinski definition) is 1. The highest BCUT2D eigenvalue weighted by molar-refractivity contribution is 5.56. The van der Waals surface area contributed by atoms with Gasteiger partial charge in [-0.3, -0.25) is 4.98 Å². The Kier molecular flexibility index (Phi) is 4.66. The Hall–Kier alpha value is -1.97. The molecule has 0 aromatic carbocycles. The third-order valence-electron chi connectivity index (χ3n) is 3.01. The zero-order chi connectivity index (χ0) is 14.5. The molecule has 1 atom stereocenters. The average molecular weight is 270 g/mol. The third kappa shape index (κ3) is 4.02. The molecule has 20 heavy (non-hydrogen) atoms. The molecule has 0 radical (unpaired) electrons. The molecule has 0 saturated carbocycles. The number of nitrogens with one attached hydrogen (secondary N) is 1. The maximum atomic E-state index is 4.60. The number of anilines is 1. The lowest BCUT2D eigenvalue weighted by atomic mass is 10.1. The quantitative estimate of drug-likeness (QED) is 0.900. The summed E-state index contributed by atoms with van der Waals surface area (Å²) in [4.78, 5) is 13.1. The second-order valence-corrected chi connectivity index (χ2v) is 5.63. The summed E-state index contributed by atoms with van der Waals surface area (Å²) in [5, 5.41) is 3.46. The number of aryl methyl sites for hydroxylation is 1. The molecule has 2 heterocycles. The average Bonchev–Trinajstić information content (AvgIpc) is 2.38. The Balaban J connectivity index is 2.21. The van der Waals surface area contributed by atoms with E-state index in [1.807, 2.05) is 25.1 Å². The normalized spacial score (nSPS) is 12.4. The fourth-order valence-electron chi connectivity index (χ4n) is 2.29. The SMILES string of the molecule is Cc1cc(NC(C)CC(C)C)nc(-c2ccncc2)n1. The summed E-state index contributed by atoms with van der Waals surface area (Å²) in [7, 11) is 0. The summed E-state index contributed by atoms with van der Waals surface area (Å²) >= 11 is 0. The number of nitrogens with zero attached hydrogens (tertiary/aromatic N) is 3. The third-order valence-corrected chi connectivity index (χ3v) is 3.01. The van der Waals surface area contributed by atoms with Gasteiger partial charge in [-0.1, -0.05) is 13.8 Å². The van der Waals surface area contributed by atoms with Crippen LogP contribution >= 0.6 is 0 Å². The summed E-state index contributed by atoms with van der Waals surface area (Å²) in [5.74, 6) is 2.30.